The Morgan fingerprint density at radius 2 is 1.36 bits per heavy atom. The average molecular weight is 601 g/mol. The number of phosphoric ester groups is 1. The Kier molecular flexibility index (Phi) is 27.5. The van der Waals surface area contributed by atoms with Gasteiger partial charge in [-0.05, 0) is 32.1 Å². The predicted octanol–water partition coefficient (Wildman–Crippen LogP) is -1.33. The maximum atomic E-state index is 11.3. The number of aliphatic hydroxyl groups excluding tert-OH is 2. The third-order valence-corrected chi connectivity index (χ3v) is 6.73. The number of unbranched alkanes of at least 4 members (excludes halogenated alkanes) is 12. The summed E-state index contributed by atoms with van der Waals surface area (Å²) in [5.41, 5.74) is 0. The number of carboxylic acid groups (broad SMARTS) is 1. The van der Waals surface area contributed by atoms with Gasteiger partial charge in [-0.1, -0.05) is 76.9 Å². The smallest absolute Gasteiger partial charge is 0.450 e. The second kappa shape index (κ2) is 25.5. The van der Waals surface area contributed by atoms with Gasteiger partial charge >= 0.3 is 73.1 Å². The van der Waals surface area contributed by atoms with Gasteiger partial charge < -0.3 is 39.3 Å². The van der Waals surface area contributed by atoms with Crippen LogP contribution in [0.3, 0.4) is 0 Å². The molecular weight excluding hydrogens is 553 g/mol. The van der Waals surface area contributed by atoms with Gasteiger partial charge in [0.1, 0.15) is 31.0 Å². The molecule has 1 aliphatic heterocycles. The molecule has 1 fully saturated rings. The number of hydrogen-bond donors (Lipinski definition) is 5. The monoisotopic (exact) mass is 600 g/mol. The quantitative estimate of drug-likeness (QED) is 0.0348. The van der Waals surface area contributed by atoms with Gasteiger partial charge in [0.05, 0.1) is 0 Å². The summed E-state index contributed by atoms with van der Waals surface area (Å²) in [6.07, 6.45) is 11.2. The van der Waals surface area contributed by atoms with Crippen LogP contribution >= 0.6 is 7.82 Å². The van der Waals surface area contributed by atoms with Crippen LogP contribution in [0.25, 0.3) is 0 Å². The van der Waals surface area contributed by atoms with Crippen molar-refractivity contribution < 1.29 is 112 Å². The first kappa shape index (κ1) is 42.1. The molecule has 0 radical (unpaired) electrons. The molecule has 0 aliphatic carbocycles. The average Bonchev–Trinajstić information content (AvgIpc) is 2.83. The zero-order valence-corrected chi connectivity index (χ0v) is 28.9. The van der Waals surface area contributed by atoms with Gasteiger partial charge in [-0.3, -0.25) is 4.52 Å². The van der Waals surface area contributed by atoms with E-state index in [9.17, 15) is 19.6 Å². The molecule has 0 aromatic heterocycles. The van der Waals surface area contributed by atoms with E-state index >= 15 is 0 Å². The molecule has 0 amide bonds. The van der Waals surface area contributed by atoms with Crippen LogP contribution in [0.15, 0.2) is 12.2 Å². The van der Waals surface area contributed by atoms with E-state index in [-0.39, 0.29) is 65.7 Å². The van der Waals surface area contributed by atoms with Crippen LogP contribution in [-0.2, 0) is 23.3 Å². The molecule has 5 N–H and O–H groups in total. The summed E-state index contributed by atoms with van der Waals surface area (Å²) in [5, 5.41) is 29.0. The molecule has 218 valence electrons. The summed E-state index contributed by atoms with van der Waals surface area (Å²) in [5.74, 6) is 0. The summed E-state index contributed by atoms with van der Waals surface area (Å²) in [6.45, 7) is 1.81. The van der Waals surface area contributed by atoms with Crippen molar-refractivity contribution in [3.8, 4) is 0 Å². The first-order valence-corrected chi connectivity index (χ1v) is 15.1. The molecule has 5 atom stereocenters. The van der Waals surface area contributed by atoms with Crippen molar-refractivity contribution in [2.24, 2.45) is 0 Å². The van der Waals surface area contributed by atoms with Crippen LogP contribution in [0.5, 0.6) is 0 Å². The number of aliphatic hydroxyl groups is 2. The Balaban J connectivity index is 0. The van der Waals surface area contributed by atoms with Crippen LogP contribution in [-0.4, -0.2) is 75.2 Å². The molecule has 1 saturated heterocycles. The zero-order chi connectivity index (χ0) is 27.5. The Hall–Kier alpha value is 0.960. The van der Waals surface area contributed by atoms with Gasteiger partial charge in [0, 0.05) is 6.61 Å². The van der Waals surface area contributed by atoms with Crippen LogP contribution in [0.1, 0.15) is 96.8 Å². The van der Waals surface area contributed by atoms with Crippen molar-refractivity contribution in [1.29, 1.82) is 0 Å². The summed E-state index contributed by atoms with van der Waals surface area (Å²) < 4.78 is 31.2. The van der Waals surface area contributed by atoms with Crippen LogP contribution in [0.2, 0.25) is 0 Å². The Morgan fingerprint density at radius 1 is 0.846 bits per heavy atom. The number of allylic oxidation sites excluding steroid dienone is 2. The molecular formula is C25H47Na2O11P+2. The first-order valence-electron chi connectivity index (χ1n) is 13.5. The molecule has 11 nitrogen and oxygen atoms in total. The van der Waals surface area contributed by atoms with E-state index in [1.165, 1.54) is 44.9 Å². The van der Waals surface area contributed by atoms with E-state index < -0.39 is 51.3 Å². The van der Waals surface area contributed by atoms with Crippen molar-refractivity contribution in [3.05, 3.63) is 12.2 Å². The number of phosphoric acid groups is 1. The topological polar surface area (TPSA) is 172 Å². The van der Waals surface area contributed by atoms with Gasteiger partial charge in [0.15, 0.2) is 6.29 Å². The Bertz CT molecular complexity index is 680. The maximum absolute atomic E-state index is 11.3. The third-order valence-electron chi connectivity index (χ3n) is 6.21. The molecule has 14 heteroatoms. The van der Waals surface area contributed by atoms with Gasteiger partial charge in [0.2, 0.25) is 0 Å². The van der Waals surface area contributed by atoms with E-state index in [1.54, 1.807) is 0 Å². The van der Waals surface area contributed by atoms with Crippen molar-refractivity contribution in [3.63, 3.8) is 0 Å². The molecule has 1 aliphatic rings. The fourth-order valence-corrected chi connectivity index (χ4v) is 4.69. The van der Waals surface area contributed by atoms with Crippen LogP contribution in [0.4, 0.5) is 4.79 Å². The largest absolute Gasteiger partial charge is 1.00 e. The normalized spacial score (nSPS) is 23.3. The molecule has 0 spiro atoms. The standard InChI is InChI=1S/C25H47O11P.2Na/c1-2-3-4-5-6-7-8-9-10-11-12-13-14-15-16-17-18-33-24-23(36-37(30,31)32)22(27)21(26)20(35-24)19-34-25(28)29;;/h9-10,20-24,26-27H,2-8,11-19H2,1H3,(H,28,29)(H2,30,31,32);;/q;2*+1/b10-9-;;/t20-,21-,22+,23-,24+;;/m1../s1. The van der Waals surface area contributed by atoms with E-state index in [4.69, 9.17) is 24.4 Å². The van der Waals surface area contributed by atoms with Gasteiger partial charge in [-0.15, -0.1) is 0 Å². The summed E-state index contributed by atoms with van der Waals surface area (Å²) >= 11 is 0. The van der Waals surface area contributed by atoms with Crippen LogP contribution < -0.4 is 59.1 Å². The summed E-state index contributed by atoms with van der Waals surface area (Å²) in [6, 6.07) is 0. The molecule has 0 aromatic carbocycles. The van der Waals surface area contributed by atoms with Crippen molar-refractivity contribution in [2.75, 3.05) is 13.2 Å². The molecule has 0 saturated carbocycles. The van der Waals surface area contributed by atoms with Crippen molar-refractivity contribution in [2.45, 2.75) is 128 Å². The molecule has 1 rings (SSSR count). The first-order chi connectivity index (χ1) is 17.7. The van der Waals surface area contributed by atoms with Gasteiger partial charge in [-0.25, -0.2) is 9.36 Å². The van der Waals surface area contributed by atoms with Crippen LogP contribution in [0, 0.1) is 0 Å². The van der Waals surface area contributed by atoms with E-state index in [0.29, 0.717) is 6.42 Å². The van der Waals surface area contributed by atoms with Gasteiger partial charge in [-0.2, -0.15) is 0 Å². The van der Waals surface area contributed by atoms with E-state index in [1.807, 2.05) is 0 Å². The fourth-order valence-electron chi connectivity index (χ4n) is 4.15. The molecule has 0 unspecified atom stereocenters. The van der Waals surface area contributed by atoms with Crippen molar-refractivity contribution in [1.82, 2.24) is 0 Å². The van der Waals surface area contributed by atoms with E-state index in [0.717, 1.165) is 38.5 Å². The maximum Gasteiger partial charge on any atom is 1.00 e. The second-order valence-electron chi connectivity index (χ2n) is 9.47. The minimum Gasteiger partial charge on any atom is -0.450 e. The fraction of sp³-hybridized carbons (Fsp3) is 0.880. The van der Waals surface area contributed by atoms with Crippen molar-refractivity contribution >= 4 is 14.0 Å². The predicted molar refractivity (Wildman–Crippen MR) is 137 cm³/mol. The Labute approximate surface area is 277 Å². The second-order valence-corrected chi connectivity index (χ2v) is 10.7. The third kappa shape index (κ3) is 21.3. The number of rotatable bonds is 21. The molecule has 0 bridgehead atoms. The zero-order valence-electron chi connectivity index (χ0n) is 24.0. The number of hydrogen-bond acceptors (Lipinski definition) is 8. The summed E-state index contributed by atoms with van der Waals surface area (Å²) in [4.78, 5) is 28.9. The minimum atomic E-state index is -5.02. The SMILES string of the molecule is CCCCCCCC/C=C\CCCCCCCCO[C@H]1O[C@H](COC(=O)O)[C@@H](O)[C@H](O)[C@H]1OP(=O)(O)O.[Na+].[Na+]. The molecule has 39 heavy (non-hydrogen) atoms. The number of carbonyl (C=O) groups is 1. The molecule has 0 aromatic rings. The number of ether oxygens (including phenoxy) is 3. The summed E-state index contributed by atoms with van der Waals surface area (Å²) in [7, 11) is -5.02. The minimum absolute atomic E-state index is 0. The Morgan fingerprint density at radius 3 is 1.87 bits per heavy atom. The van der Waals surface area contributed by atoms with Gasteiger partial charge in [0.25, 0.3) is 0 Å². The molecule has 1 heterocycles. The van der Waals surface area contributed by atoms with E-state index in [2.05, 4.69) is 28.3 Å².